The molecule has 0 aliphatic rings. The van der Waals surface area contributed by atoms with E-state index in [1.807, 2.05) is 25.1 Å². The fraction of sp³-hybridized carbons (Fsp3) is 0.583. The molecule has 0 aliphatic heterocycles. The molecule has 1 unspecified atom stereocenters. The first-order chi connectivity index (χ1) is 7.26. The summed E-state index contributed by atoms with van der Waals surface area (Å²) < 4.78 is 0. The molecular formula is C12H19ClN2. The standard InChI is InChI=1S/C12H19ClN2/c1-3-11(7-8-13)14-9-12-6-4-5-10(2)15-12/h4-6,11,14H,3,7-9H2,1-2H3. The summed E-state index contributed by atoms with van der Waals surface area (Å²) in [5, 5.41) is 3.47. The first-order valence-electron chi connectivity index (χ1n) is 5.48. The molecule has 1 N–H and O–H groups in total. The van der Waals surface area contributed by atoms with E-state index in [0.29, 0.717) is 11.9 Å². The van der Waals surface area contributed by atoms with E-state index in [0.717, 1.165) is 30.8 Å². The van der Waals surface area contributed by atoms with E-state index in [9.17, 15) is 0 Å². The number of aryl methyl sites for hydroxylation is 1. The molecule has 0 radical (unpaired) electrons. The van der Waals surface area contributed by atoms with Crippen LogP contribution in [0.3, 0.4) is 0 Å². The Bertz CT molecular complexity index is 289. The van der Waals surface area contributed by atoms with Gasteiger partial charge in [-0.25, -0.2) is 0 Å². The van der Waals surface area contributed by atoms with Crippen molar-refractivity contribution in [2.24, 2.45) is 0 Å². The van der Waals surface area contributed by atoms with Gasteiger partial charge in [-0.1, -0.05) is 13.0 Å². The van der Waals surface area contributed by atoms with E-state index in [1.165, 1.54) is 0 Å². The van der Waals surface area contributed by atoms with Crippen LogP contribution in [-0.2, 0) is 6.54 Å². The lowest BCUT2D eigenvalue weighted by Gasteiger charge is -2.15. The maximum absolute atomic E-state index is 5.73. The quantitative estimate of drug-likeness (QED) is 0.755. The molecule has 3 heteroatoms. The molecule has 1 rings (SSSR count). The van der Waals surface area contributed by atoms with Crippen LogP contribution in [0, 0.1) is 6.92 Å². The number of nitrogens with zero attached hydrogens (tertiary/aromatic N) is 1. The minimum Gasteiger partial charge on any atom is -0.308 e. The number of hydrogen-bond acceptors (Lipinski definition) is 2. The lowest BCUT2D eigenvalue weighted by atomic mass is 10.1. The zero-order valence-corrected chi connectivity index (χ0v) is 10.2. The van der Waals surface area contributed by atoms with Crippen LogP contribution in [0.1, 0.15) is 31.2 Å². The third kappa shape index (κ3) is 4.63. The molecule has 0 saturated heterocycles. The average Bonchev–Trinajstić information content (AvgIpc) is 2.24. The minimum absolute atomic E-state index is 0.504. The van der Waals surface area contributed by atoms with Crippen molar-refractivity contribution in [3.8, 4) is 0 Å². The van der Waals surface area contributed by atoms with Crippen molar-refractivity contribution in [3.05, 3.63) is 29.6 Å². The highest BCUT2D eigenvalue weighted by Gasteiger charge is 2.04. The molecule has 0 bridgehead atoms. The van der Waals surface area contributed by atoms with Gasteiger partial charge < -0.3 is 5.32 Å². The summed E-state index contributed by atoms with van der Waals surface area (Å²) >= 11 is 5.73. The van der Waals surface area contributed by atoms with Gasteiger partial charge in [0.25, 0.3) is 0 Å². The molecule has 0 spiro atoms. The molecule has 0 fully saturated rings. The van der Waals surface area contributed by atoms with Gasteiger partial charge >= 0.3 is 0 Å². The zero-order valence-electron chi connectivity index (χ0n) is 9.46. The van der Waals surface area contributed by atoms with Crippen LogP contribution in [0.4, 0.5) is 0 Å². The summed E-state index contributed by atoms with van der Waals surface area (Å²) in [4.78, 5) is 4.44. The molecule has 2 nitrogen and oxygen atoms in total. The Morgan fingerprint density at radius 2 is 2.27 bits per heavy atom. The number of hydrogen-bond donors (Lipinski definition) is 1. The van der Waals surface area contributed by atoms with Crippen molar-refractivity contribution in [3.63, 3.8) is 0 Å². The van der Waals surface area contributed by atoms with E-state index in [2.05, 4.69) is 17.2 Å². The van der Waals surface area contributed by atoms with Crippen LogP contribution >= 0.6 is 11.6 Å². The molecule has 84 valence electrons. The Hall–Kier alpha value is -0.600. The third-order valence-corrected chi connectivity index (χ3v) is 2.69. The Kier molecular flexibility index (Phi) is 5.66. The summed E-state index contributed by atoms with van der Waals surface area (Å²) in [7, 11) is 0. The summed E-state index contributed by atoms with van der Waals surface area (Å²) in [6, 6.07) is 6.61. The molecule has 1 aromatic heterocycles. The lowest BCUT2D eigenvalue weighted by molar-refractivity contribution is 0.482. The van der Waals surface area contributed by atoms with Crippen LogP contribution in [0.25, 0.3) is 0 Å². The topological polar surface area (TPSA) is 24.9 Å². The number of rotatable bonds is 6. The summed E-state index contributed by atoms with van der Waals surface area (Å²) in [6.07, 6.45) is 2.13. The Morgan fingerprint density at radius 1 is 1.47 bits per heavy atom. The van der Waals surface area contributed by atoms with Gasteiger partial charge in [0.05, 0.1) is 5.69 Å². The van der Waals surface area contributed by atoms with Crippen LogP contribution in [0.2, 0.25) is 0 Å². The highest BCUT2D eigenvalue weighted by atomic mass is 35.5. The van der Waals surface area contributed by atoms with Gasteiger partial charge in [-0.2, -0.15) is 0 Å². The number of alkyl halides is 1. The van der Waals surface area contributed by atoms with Gasteiger partial charge in [0.2, 0.25) is 0 Å². The van der Waals surface area contributed by atoms with Crippen molar-refractivity contribution >= 4 is 11.6 Å². The molecule has 15 heavy (non-hydrogen) atoms. The second kappa shape index (κ2) is 6.81. The van der Waals surface area contributed by atoms with E-state index in [4.69, 9.17) is 11.6 Å². The Morgan fingerprint density at radius 3 is 2.87 bits per heavy atom. The number of halogens is 1. The largest absolute Gasteiger partial charge is 0.308 e. The molecule has 0 aliphatic carbocycles. The van der Waals surface area contributed by atoms with Crippen molar-refractivity contribution in [1.82, 2.24) is 10.3 Å². The second-order valence-electron chi connectivity index (χ2n) is 3.73. The summed E-state index contributed by atoms with van der Waals surface area (Å²) in [6.45, 7) is 5.02. The molecule has 1 atom stereocenters. The number of nitrogens with one attached hydrogen (secondary N) is 1. The molecule has 1 aromatic rings. The highest BCUT2D eigenvalue weighted by molar-refractivity contribution is 6.17. The first kappa shape index (κ1) is 12.5. The normalized spacial score (nSPS) is 12.7. The molecule has 1 heterocycles. The van der Waals surface area contributed by atoms with Gasteiger partial charge in [0.1, 0.15) is 0 Å². The van der Waals surface area contributed by atoms with Crippen LogP contribution in [-0.4, -0.2) is 16.9 Å². The van der Waals surface area contributed by atoms with Crippen molar-refractivity contribution in [2.75, 3.05) is 5.88 Å². The lowest BCUT2D eigenvalue weighted by Crippen LogP contribution is -2.28. The van der Waals surface area contributed by atoms with Crippen LogP contribution in [0.15, 0.2) is 18.2 Å². The van der Waals surface area contributed by atoms with Crippen LogP contribution < -0.4 is 5.32 Å². The summed E-state index contributed by atoms with van der Waals surface area (Å²) in [5.41, 5.74) is 2.17. The number of pyridine rings is 1. The van der Waals surface area contributed by atoms with E-state index in [-0.39, 0.29) is 0 Å². The highest BCUT2D eigenvalue weighted by Crippen LogP contribution is 2.02. The fourth-order valence-corrected chi connectivity index (χ4v) is 1.79. The monoisotopic (exact) mass is 226 g/mol. The Labute approximate surface area is 97.1 Å². The van der Waals surface area contributed by atoms with Crippen molar-refractivity contribution < 1.29 is 0 Å². The van der Waals surface area contributed by atoms with Crippen molar-refractivity contribution in [1.29, 1.82) is 0 Å². The van der Waals surface area contributed by atoms with Gasteiger partial charge in [-0.15, -0.1) is 11.6 Å². The second-order valence-corrected chi connectivity index (χ2v) is 4.11. The third-order valence-electron chi connectivity index (χ3n) is 2.47. The smallest absolute Gasteiger partial charge is 0.0544 e. The van der Waals surface area contributed by atoms with Crippen LogP contribution in [0.5, 0.6) is 0 Å². The van der Waals surface area contributed by atoms with Gasteiger partial charge in [0.15, 0.2) is 0 Å². The molecule has 0 amide bonds. The van der Waals surface area contributed by atoms with E-state index in [1.54, 1.807) is 0 Å². The minimum atomic E-state index is 0.504. The maximum atomic E-state index is 5.73. The predicted molar refractivity (Wildman–Crippen MR) is 65.2 cm³/mol. The van der Waals surface area contributed by atoms with Gasteiger partial charge in [0, 0.05) is 24.2 Å². The number of aromatic nitrogens is 1. The average molecular weight is 227 g/mol. The predicted octanol–water partition coefficient (Wildman–Crippen LogP) is 2.89. The summed E-state index contributed by atoms with van der Waals surface area (Å²) in [5.74, 6) is 0.715. The SMILES string of the molecule is CCC(CCCl)NCc1cccc(C)n1. The Balaban J connectivity index is 2.41. The van der Waals surface area contributed by atoms with E-state index >= 15 is 0 Å². The zero-order chi connectivity index (χ0) is 11.1. The van der Waals surface area contributed by atoms with Gasteiger partial charge in [-0.3, -0.25) is 4.98 Å². The maximum Gasteiger partial charge on any atom is 0.0544 e. The van der Waals surface area contributed by atoms with E-state index < -0.39 is 0 Å². The fourth-order valence-electron chi connectivity index (χ4n) is 1.53. The van der Waals surface area contributed by atoms with Gasteiger partial charge in [-0.05, 0) is 31.9 Å². The molecular weight excluding hydrogens is 208 g/mol. The molecule has 0 aromatic carbocycles. The first-order valence-corrected chi connectivity index (χ1v) is 6.01. The van der Waals surface area contributed by atoms with Crippen molar-refractivity contribution in [2.45, 2.75) is 39.3 Å². The molecule has 0 saturated carbocycles.